The summed E-state index contributed by atoms with van der Waals surface area (Å²) < 4.78 is 33.6. The molecule has 0 aliphatic carbocycles. The van der Waals surface area contributed by atoms with Crippen LogP contribution in [0, 0.1) is 6.92 Å². The number of nitrogens with two attached hydrogens (primary N) is 1. The molecule has 0 radical (unpaired) electrons. The third-order valence-electron chi connectivity index (χ3n) is 4.43. The summed E-state index contributed by atoms with van der Waals surface area (Å²) in [6.07, 6.45) is 0. The van der Waals surface area contributed by atoms with Crippen molar-refractivity contribution < 1.29 is 13.2 Å². The normalized spacial score (nSPS) is 12.4. The molecule has 0 saturated heterocycles. The number of ether oxygens (including phenoxy) is 1. The van der Waals surface area contributed by atoms with Gasteiger partial charge in [0.05, 0.1) is 29.5 Å². The summed E-state index contributed by atoms with van der Waals surface area (Å²) in [7, 11) is -3.26. The third-order valence-corrected chi connectivity index (χ3v) is 6.28. The summed E-state index contributed by atoms with van der Waals surface area (Å²) >= 11 is 0. The van der Waals surface area contributed by atoms with E-state index in [4.69, 9.17) is 10.5 Å². The van der Waals surface area contributed by atoms with E-state index >= 15 is 0 Å². The van der Waals surface area contributed by atoms with Gasteiger partial charge in [-0.15, -0.1) is 0 Å². The van der Waals surface area contributed by atoms with Gasteiger partial charge in [0.25, 0.3) is 0 Å². The summed E-state index contributed by atoms with van der Waals surface area (Å²) in [6, 6.07) is 7.82. The Kier molecular flexibility index (Phi) is 5.64. The number of benzene rings is 1. The van der Waals surface area contributed by atoms with Gasteiger partial charge in [0.15, 0.2) is 5.82 Å². The standard InChI is InChI=1S/C18H25N5O3S/c1-12(2)27(24,25)20-8-10-26-11-9-23-13(3)21-16-17(23)14-6-4-5-7-15(14)22-18(16)19/h4-7,12,20H,8-11H2,1-3H3,(H2,19,22). The Morgan fingerprint density at radius 3 is 2.70 bits per heavy atom. The maximum atomic E-state index is 11.7. The van der Waals surface area contributed by atoms with Crippen LogP contribution in [0.2, 0.25) is 0 Å². The first-order valence-corrected chi connectivity index (χ1v) is 10.4. The molecular formula is C18H25N5O3S. The van der Waals surface area contributed by atoms with Crippen molar-refractivity contribution in [2.75, 3.05) is 25.5 Å². The average Bonchev–Trinajstić information content (AvgIpc) is 2.95. The van der Waals surface area contributed by atoms with E-state index in [9.17, 15) is 8.42 Å². The van der Waals surface area contributed by atoms with E-state index in [-0.39, 0.29) is 6.54 Å². The molecule has 146 valence electrons. The topological polar surface area (TPSA) is 112 Å². The minimum absolute atomic E-state index is 0.254. The lowest BCUT2D eigenvalue weighted by atomic mass is 10.2. The highest BCUT2D eigenvalue weighted by molar-refractivity contribution is 7.90. The number of nitrogens with zero attached hydrogens (tertiary/aromatic N) is 3. The van der Waals surface area contributed by atoms with Crippen LogP contribution in [0.5, 0.6) is 0 Å². The number of aromatic nitrogens is 3. The maximum absolute atomic E-state index is 11.7. The van der Waals surface area contributed by atoms with Gasteiger partial charge in [0.1, 0.15) is 11.3 Å². The smallest absolute Gasteiger partial charge is 0.214 e. The molecule has 3 N–H and O–H groups in total. The Hall–Kier alpha value is -2.23. The molecule has 3 rings (SSSR count). The number of pyridine rings is 1. The Bertz CT molecular complexity index is 1060. The van der Waals surface area contributed by atoms with Gasteiger partial charge in [-0.1, -0.05) is 18.2 Å². The second-order valence-electron chi connectivity index (χ2n) is 6.62. The van der Waals surface area contributed by atoms with Crippen LogP contribution >= 0.6 is 0 Å². The first-order valence-electron chi connectivity index (χ1n) is 8.88. The Labute approximate surface area is 158 Å². The third kappa shape index (κ3) is 4.05. The van der Waals surface area contributed by atoms with E-state index in [0.29, 0.717) is 31.1 Å². The molecule has 0 saturated carbocycles. The van der Waals surface area contributed by atoms with Crippen LogP contribution in [0.3, 0.4) is 0 Å². The molecule has 2 heterocycles. The molecule has 2 aromatic heterocycles. The number of anilines is 1. The van der Waals surface area contributed by atoms with Crippen molar-refractivity contribution >= 4 is 37.8 Å². The second kappa shape index (κ2) is 7.79. The van der Waals surface area contributed by atoms with Gasteiger partial charge in [0.2, 0.25) is 10.0 Å². The van der Waals surface area contributed by atoms with E-state index < -0.39 is 15.3 Å². The number of para-hydroxylation sites is 1. The largest absolute Gasteiger partial charge is 0.382 e. The molecule has 27 heavy (non-hydrogen) atoms. The minimum Gasteiger partial charge on any atom is -0.382 e. The molecule has 0 spiro atoms. The van der Waals surface area contributed by atoms with E-state index in [0.717, 1.165) is 22.2 Å². The zero-order valence-electron chi connectivity index (χ0n) is 15.8. The lowest BCUT2D eigenvalue weighted by molar-refractivity contribution is 0.131. The number of nitrogens with one attached hydrogen (secondary N) is 1. The molecule has 0 aliphatic heterocycles. The zero-order valence-corrected chi connectivity index (χ0v) is 16.6. The van der Waals surface area contributed by atoms with Crippen LogP contribution in [0.15, 0.2) is 24.3 Å². The number of sulfonamides is 1. The zero-order chi connectivity index (χ0) is 19.6. The molecule has 0 atom stereocenters. The predicted octanol–water partition coefficient (Wildman–Crippen LogP) is 1.82. The highest BCUT2D eigenvalue weighted by Gasteiger charge is 2.16. The first-order chi connectivity index (χ1) is 12.8. The van der Waals surface area contributed by atoms with Gasteiger partial charge in [-0.05, 0) is 26.8 Å². The molecule has 0 unspecified atom stereocenters. The summed E-state index contributed by atoms with van der Waals surface area (Å²) in [5.74, 6) is 1.24. The molecule has 8 nitrogen and oxygen atoms in total. The van der Waals surface area contributed by atoms with Crippen molar-refractivity contribution in [1.29, 1.82) is 0 Å². The molecule has 1 aromatic carbocycles. The lowest BCUT2D eigenvalue weighted by Gasteiger charge is -2.11. The van der Waals surface area contributed by atoms with Crippen molar-refractivity contribution in [3.8, 4) is 0 Å². The lowest BCUT2D eigenvalue weighted by Crippen LogP contribution is -2.33. The van der Waals surface area contributed by atoms with E-state index in [2.05, 4.69) is 19.3 Å². The Morgan fingerprint density at radius 2 is 1.96 bits per heavy atom. The first kappa shape index (κ1) is 19.5. The highest BCUT2D eigenvalue weighted by Crippen LogP contribution is 2.28. The molecular weight excluding hydrogens is 366 g/mol. The SMILES string of the molecule is Cc1nc2c(N)nc3ccccc3c2n1CCOCCNS(=O)(=O)C(C)C. The van der Waals surface area contributed by atoms with Gasteiger partial charge >= 0.3 is 0 Å². The number of aryl methyl sites for hydroxylation is 1. The average molecular weight is 391 g/mol. The van der Waals surface area contributed by atoms with E-state index in [1.165, 1.54) is 0 Å². The fourth-order valence-electron chi connectivity index (χ4n) is 2.92. The van der Waals surface area contributed by atoms with E-state index in [1.807, 2.05) is 31.2 Å². The van der Waals surface area contributed by atoms with Crippen molar-refractivity contribution in [2.24, 2.45) is 0 Å². The molecule has 0 aliphatic rings. The van der Waals surface area contributed by atoms with Crippen LogP contribution in [0.4, 0.5) is 5.82 Å². The fourth-order valence-corrected chi connectivity index (χ4v) is 3.63. The van der Waals surface area contributed by atoms with Gasteiger partial charge in [0, 0.05) is 18.5 Å². The van der Waals surface area contributed by atoms with Gasteiger partial charge in [-0.25, -0.2) is 23.1 Å². The number of nitrogen functional groups attached to an aromatic ring is 1. The van der Waals surface area contributed by atoms with E-state index in [1.54, 1.807) is 13.8 Å². The summed E-state index contributed by atoms with van der Waals surface area (Å²) in [5.41, 5.74) is 8.54. The number of fused-ring (bicyclic) bond motifs is 3. The molecule has 0 fully saturated rings. The van der Waals surface area contributed by atoms with Crippen LogP contribution in [-0.2, 0) is 21.3 Å². The summed E-state index contributed by atoms with van der Waals surface area (Å²) in [4.78, 5) is 8.98. The Balaban J connectivity index is 1.70. The van der Waals surface area contributed by atoms with Gasteiger partial charge < -0.3 is 15.0 Å². The monoisotopic (exact) mass is 391 g/mol. The highest BCUT2D eigenvalue weighted by atomic mass is 32.2. The molecule has 9 heteroatoms. The van der Waals surface area contributed by atoms with Crippen LogP contribution in [0.25, 0.3) is 21.9 Å². The number of hydrogen-bond donors (Lipinski definition) is 2. The fraction of sp³-hybridized carbons (Fsp3) is 0.444. The molecule has 0 bridgehead atoms. The van der Waals surface area contributed by atoms with Gasteiger partial charge in [-0.3, -0.25) is 0 Å². The quantitative estimate of drug-likeness (QED) is 0.567. The van der Waals surface area contributed by atoms with Gasteiger partial charge in [-0.2, -0.15) is 0 Å². The van der Waals surface area contributed by atoms with Crippen molar-refractivity contribution in [3.63, 3.8) is 0 Å². The van der Waals surface area contributed by atoms with Crippen LogP contribution < -0.4 is 10.5 Å². The van der Waals surface area contributed by atoms with Crippen molar-refractivity contribution in [1.82, 2.24) is 19.3 Å². The Morgan fingerprint density at radius 1 is 1.22 bits per heavy atom. The van der Waals surface area contributed by atoms with Crippen molar-refractivity contribution in [2.45, 2.75) is 32.6 Å². The predicted molar refractivity (Wildman–Crippen MR) is 107 cm³/mol. The summed E-state index contributed by atoms with van der Waals surface area (Å²) in [6.45, 7) is 6.79. The minimum atomic E-state index is -3.26. The maximum Gasteiger partial charge on any atom is 0.214 e. The van der Waals surface area contributed by atoms with Crippen LogP contribution in [0.1, 0.15) is 19.7 Å². The second-order valence-corrected chi connectivity index (χ2v) is 8.94. The summed E-state index contributed by atoms with van der Waals surface area (Å²) in [5, 5.41) is 0.539. The number of hydrogen-bond acceptors (Lipinski definition) is 6. The molecule has 0 amide bonds. The molecule has 3 aromatic rings. The van der Waals surface area contributed by atoms with Crippen LogP contribution in [-0.4, -0.2) is 48.0 Å². The van der Waals surface area contributed by atoms with Crippen molar-refractivity contribution in [3.05, 3.63) is 30.1 Å². The number of imidazole rings is 1. The number of rotatable bonds is 8.